The van der Waals surface area contributed by atoms with E-state index in [2.05, 4.69) is 106 Å². The molecule has 650 valence electrons. The SMILES string of the molecule is CCCCCCCCc1cc(CCCCCCCC)cc(C2=C(CCCC)C(CCCC)=C(c3cc(CCCC)cc(CCCC)c3)[N+]2=[N-])c1.[CH2-]CCCCCCCCCCCCCCCCCCCCCCCCCCCCC.[CH2-]CCCCCCCCCCCCCCCCCCCCCCCCCCCCC.[Pd+2]. The van der Waals surface area contributed by atoms with Crippen LogP contribution in [-0.2, 0) is 46.1 Å². The normalized spacial score (nSPS) is 12.2. The molecule has 2 aromatic carbocycles. The zero-order valence-electron chi connectivity index (χ0n) is 77.1. The summed E-state index contributed by atoms with van der Waals surface area (Å²) in [6, 6.07) is 14.7. The van der Waals surface area contributed by atoms with Crippen molar-refractivity contribution in [1.82, 2.24) is 0 Å². The summed E-state index contributed by atoms with van der Waals surface area (Å²) in [5.41, 5.74) is 25.7. The van der Waals surface area contributed by atoms with E-state index < -0.39 is 0 Å². The van der Waals surface area contributed by atoms with E-state index in [1.54, 1.807) is 4.70 Å². The Morgan fingerprint density at radius 3 is 0.505 bits per heavy atom. The summed E-state index contributed by atoms with van der Waals surface area (Å²) in [6.07, 6.45) is 113. The summed E-state index contributed by atoms with van der Waals surface area (Å²) < 4.78 is 1.66. The smallest absolute Gasteiger partial charge is 0.493 e. The van der Waals surface area contributed by atoms with Crippen LogP contribution in [0, 0.1) is 13.8 Å². The van der Waals surface area contributed by atoms with Crippen LogP contribution in [0.15, 0.2) is 47.5 Å². The van der Waals surface area contributed by atoms with Gasteiger partial charge in [-0.15, -0.1) is 0 Å². The second kappa shape index (κ2) is 87.5. The van der Waals surface area contributed by atoms with Crippen LogP contribution in [0.2, 0.25) is 0 Å². The molecule has 0 bridgehead atoms. The van der Waals surface area contributed by atoms with Gasteiger partial charge in [-0.2, -0.15) is 12.8 Å². The number of hydrogen-bond donors (Lipinski definition) is 0. The second-order valence-electron chi connectivity index (χ2n) is 35.6. The van der Waals surface area contributed by atoms with Crippen molar-refractivity contribution in [3.05, 3.63) is 100 Å². The summed E-state index contributed by atoms with van der Waals surface area (Å²) >= 11 is 0. The van der Waals surface area contributed by atoms with Crippen molar-refractivity contribution in [1.29, 1.82) is 0 Å². The summed E-state index contributed by atoms with van der Waals surface area (Å²) in [4.78, 5) is 0. The van der Waals surface area contributed by atoms with Crippen molar-refractivity contribution in [3.63, 3.8) is 0 Å². The van der Waals surface area contributed by atoms with Crippen LogP contribution in [0.25, 0.3) is 16.9 Å². The zero-order chi connectivity index (χ0) is 79.6. The molecule has 1 heterocycles. The Balaban J connectivity index is 0.00000173. The number of allylic oxidation sites excluding steroid dienone is 2. The minimum Gasteiger partial charge on any atom is -0.493 e. The summed E-state index contributed by atoms with van der Waals surface area (Å²) in [6.45, 7) is 26.2. The molecule has 0 spiro atoms. The molecule has 0 amide bonds. The van der Waals surface area contributed by atoms with E-state index in [9.17, 15) is 5.53 Å². The van der Waals surface area contributed by atoms with Gasteiger partial charge in [0, 0.05) is 22.3 Å². The molecule has 0 aromatic heterocycles. The molecule has 3 heteroatoms. The average Bonchev–Trinajstić information content (AvgIpc) is 1.60. The van der Waals surface area contributed by atoms with E-state index in [0.717, 1.165) is 88.4 Å². The Hall–Kier alpha value is -1.82. The maximum atomic E-state index is 12.5. The number of benzene rings is 2. The van der Waals surface area contributed by atoms with Crippen LogP contribution in [0.1, 0.15) is 590 Å². The first-order valence-corrected chi connectivity index (χ1v) is 51.1. The Kier molecular flexibility index (Phi) is 86.1. The molecule has 0 aliphatic carbocycles. The average molecular weight is 1630 g/mol. The molecule has 0 saturated heterocycles. The first-order chi connectivity index (χ1) is 54.3. The molecule has 1 aliphatic rings. The molecular formula is C108H198N2Pd. The van der Waals surface area contributed by atoms with Crippen LogP contribution in [-0.4, -0.2) is 4.70 Å². The molecule has 0 saturated carbocycles. The predicted octanol–water partition coefficient (Wildman–Crippen LogP) is 39.3. The van der Waals surface area contributed by atoms with Gasteiger partial charge in [-0.1, -0.05) is 504 Å². The number of unbranched alkanes of at least 4 members (excludes halogenated alkanes) is 68. The van der Waals surface area contributed by atoms with Gasteiger partial charge in [0.15, 0.2) is 0 Å². The van der Waals surface area contributed by atoms with Gasteiger partial charge >= 0.3 is 20.4 Å². The zero-order valence-corrected chi connectivity index (χ0v) is 78.6. The predicted molar refractivity (Wildman–Crippen MR) is 501 cm³/mol. The Labute approximate surface area is 713 Å². The molecule has 2 nitrogen and oxygen atoms in total. The fraction of sp³-hybridized carbons (Fsp3) is 0.833. The van der Waals surface area contributed by atoms with Crippen molar-refractivity contribution in [2.45, 2.75) is 582 Å². The van der Waals surface area contributed by atoms with Gasteiger partial charge in [-0.05, 0) is 124 Å². The summed E-state index contributed by atoms with van der Waals surface area (Å²) in [5.74, 6) is 0. The Morgan fingerprint density at radius 1 is 0.189 bits per heavy atom. The van der Waals surface area contributed by atoms with Crippen LogP contribution >= 0.6 is 0 Å². The van der Waals surface area contributed by atoms with Crippen LogP contribution in [0.5, 0.6) is 0 Å². The van der Waals surface area contributed by atoms with Gasteiger partial charge < -0.3 is 19.4 Å². The van der Waals surface area contributed by atoms with Crippen molar-refractivity contribution in [2.24, 2.45) is 0 Å². The van der Waals surface area contributed by atoms with Gasteiger partial charge in [0.05, 0.1) is 0 Å². The van der Waals surface area contributed by atoms with Crippen LogP contribution in [0.4, 0.5) is 0 Å². The largest absolute Gasteiger partial charge is 2.00 e. The molecule has 2 aromatic rings. The van der Waals surface area contributed by atoms with Gasteiger partial charge in [0.2, 0.25) is 11.4 Å². The molecule has 0 N–H and O–H groups in total. The number of aryl methyl sites for hydroxylation is 4. The molecule has 1 aliphatic heterocycles. The van der Waals surface area contributed by atoms with E-state index in [1.807, 2.05) is 0 Å². The molecule has 111 heavy (non-hydrogen) atoms. The maximum Gasteiger partial charge on any atom is 2.00 e. The third kappa shape index (κ3) is 65.8. The third-order valence-corrected chi connectivity index (χ3v) is 24.6. The molecule has 0 radical (unpaired) electrons. The molecule has 0 fully saturated rings. The fourth-order valence-corrected chi connectivity index (χ4v) is 17.2. The number of rotatable bonds is 82. The van der Waals surface area contributed by atoms with E-state index in [0.29, 0.717) is 0 Å². The number of hydrogen-bond acceptors (Lipinski definition) is 0. The molecular weight excluding hydrogens is 1430 g/mol. The number of nitrogens with zero attached hydrogens (tertiary/aromatic N) is 2. The van der Waals surface area contributed by atoms with E-state index in [1.165, 1.54) is 494 Å². The van der Waals surface area contributed by atoms with Crippen molar-refractivity contribution >= 4 is 11.4 Å². The quantitative estimate of drug-likeness (QED) is 0.0273. The van der Waals surface area contributed by atoms with E-state index in [4.69, 9.17) is 0 Å². The van der Waals surface area contributed by atoms with Gasteiger partial charge in [0.1, 0.15) is 0 Å². The van der Waals surface area contributed by atoms with Crippen LogP contribution < -0.4 is 0 Å². The minimum absolute atomic E-state index is 0. The van der Waals surface area contributed by atoms with Gasteiger partial charge in [-0.3, -0.25) is 0 Å². The van der Waals surface area contributed by atoms with Crippen LogP contribution in [0.3, 0.4) is 0 Å². The molecule has 3 rings (SSSR count). The van der Waals surface area contributed by atoms with E-state index >= 15 is 0 Å². The van der Waals surface area contributed by atoms with Gasteiger partial charge in [0.25, 0.3) is 0 Å². The Morgan fingerprint density at radius 2 is 0.333 bits per heavy atom. The second-order valence-corrected chi connectivity index (χ2v) is 35.6. The maximum absolute atomic E-state index is 12.5. The third-order valence-electron chi connectivity index (χ3n) is 24.6. The topological polar surface area (TPSA) is 25.3 Å². The monoisotopic (exact) mass is 1630 g/mol. The summed E-state index contributed by atoms with van der Waals surface area (Å²) in [7, 11) is 0. The molecule has 0 atom stereocenters. The van der Waals surface area contributed by atoms with Crippen molar-refractivity contribution in [3.8, 4) is 0 Å². The molecule has 0 unspecified atom stereocenters. The van der Waals surface area contributed by atoms with Gasteiger partial charge in [-0.25, -0.2) is 4.70 Å². The van der Waals surface area contributed by atoms with Crippen molar-refractivity contribution < 1.29 is 25.1 Å². The van der Waals surface area contributed by atoms with Crippen molar-refractivity contribution in [2.75, 3.05) is 0 Å². The first kappa shape index (κ1) is 109. The first-order valence-electron chi connectivity index (χ1n) is 51.1. The minimum atomic E-state index is 0. The van der Waals surface area contributed by atoms with E-state index in [-0.39, 0.29) is 20.4 Å². The standard InChI is InChI=1S/C48H76N2.2C30H61.Pd/c1-7-13-19-21-23-25-29-41-34-42(30-26-24-22-20-14-8-2)38-44(37-41)48-46(32-18-12-6)45(31-17-11-5)47(50(48)49)43-35-39(27-15-9-3)33-40(36-43)28-16-10-4;2*1-3-5-7-9-11-13-15-17-19-21-23-25-27-29-30-28-26-24-22-20-18-16-14-12-10-8-6-4-2;/h33-38H,7-32H2,1-6H3;2*1,3-30H2,2H3;/q;2*-1;+2. The summed E-state index contributed by atoms with van der Waals surface area (Å²) in [5, 5.41) is 0. The fourth-order valence-electron chi connectivity index (χ4n) is 17.2. The Bertz CT molecular complexity index is 2130.